The standard InChI is InChI=1S/C20H19Cl2F4NO3/c1-18(2,13-8-12(23)4-6-16(13)28)10-19(30,20(24,25)26)9-17(29)27-15-7-11(21)3-5-14(15)22/h3-8,28,30H,9-10H2,1-2H3,(H,27,29). The quantitative estimate of drug-likeness (QED) is 0.468. The van der Waals surface area contributed by atoms with Gasteiger partial charge >= 0.3 is 6.18 Å². The molecule has 164 valence electrons. The molecule has 4 nitrogen and oxygen atoms in total. The summed E-state index contributed by atoms with van der Waals surface area (Å²) in [6, 6.07) is 6.88. The number of aliphatic hydroxyl groups is 1. The zero-order valence-electron chi connectivity index (χ0n) is 15.9. The molecule has 0 aliphatic rings. The van der Waals surface area contributed by atoms with Crippen molar-refractivity contribution in [1.82, 2.24) is 0 Å². The molecule has 1 atom stereocenters. The summed E-state index contributed by atoms with van der Waals surface area (Å²) in [6.45, 7) is 2.59. The third-order valence-corrected chi connectivity index (χ3v) is 5.17. The smallest absolute Gasteiger partial charge is 0.417 e. The Balaban J connectivity index is 2.32. The lowest BCUT2D eigenvalue weighted by Gasteiger charge is -2.37. The number of hydrogen-bond acceptors (Lipinski definition) is 3. The van der Waals surface area contributed by atoms with Gasteiger partial charge in [0.15, 0.2) is 5.60 Å². The number of carbonyl (C=O) groups is 1. The summed E-state index contributed by atoms with van der Waals surface area (Å²) in [5, 5.41) is 22.9. The van der Waals surface area contributed by atoms with E-state index in [1.807, 2.05) is 0 Å². The number of nitrogens with one attached hydrogen (secondary N) is 1. The molecule has 2 aromatic carbocycles. The van der Waals surface area contributed by atoms with Crippen LogP contribution in [0.1, 0.15) is 32.3 Å². The minimum absolute atomic E-state index is 0.0132. The van der Waals surface area contributed by atoms with E-state index in [2.05, 4.69) is 5.32 Å². The van der Waals surface area contributed by atoms with Gasteiger partial charge in [0.25, 0.3) is 0 Å². The first-order valence-corrected chi connectivity index (χ1v) is 9.43. The molecular formula is C20H19Cl2F4NO3. The Morgan fingerprint density at radius 3 is 2.33 bits per heavy atom. The molecule has 30 heavy (non-hydrogen) atoms. The lowest BCUT2D eigenvalue weighted by Crippen LogP contribution is -2.51. The molecule has 0 aliphatic carbocycles. The predicted octanol–water partition coefficient (Wildman–Crippen LogP) is 5.83. The van der Waals surface area contributed by atoms with Gasteiger partial charge in [-0.1, -0.05) is 37.0 Å². The van der Waals surface area contributed by atoms with Crippen LogP contribution in [0.4, 0.5) is 23.2 Å². The summed E-state index contributed by atoms with van der Waals surface area (Å²) in [5.74, 6) is -2.35. The molecule has 0 heterocycles. The van der Waals surface area contributed by atoms with E-state index >= 15 is 0 Å². The first kappa shape index (κ1) is 24.2. The molecule has 2 rings (SSSR count). The summed E-state index contributed by atoms with van der Waals surface area (Å²) < 4.78 is 54.9. The molecule has 10 heteroatoms. The van der Waals surface area contributed by atoms with Crippen LogP contribution < -0.4 is 5.32 Å². The number of amides is 1. The van der Waals surface area contributed by atoms with Crippen LogP contribution in [-0.2, 0) is 10.2 Å². The number of anilines is 1. The van der Waals surface area contributed by atoms with Crippen LogP contribution in [0.3, 0.4) is 0 Å². The van der Waals surface area contributed by atoms with Crippen molar-refractivity contribution in [1.29, 1.82) is 0 Å². The molecule has 0 aromatic heterocycles. The molecule has 0 fully saturated rings. The summed E-state index contributed by atoms with van der Waals surface area (Å²) in [5.41, 5.74) is -5.15. The Kier molecular flexibility index (Phi) is 6.96. The second-order valence-corrected chi connectivity index (χ2v) is 8.44. The average molecular weight is 468 g/mol. The van der Waals surface area contributed by atoms with E-state index in [4.69, 9.17) is 23.2 Å². The van der Waals surface area contributed by atoms with Gasteiger partial charge in [-0.15, -0.1) is 0 Å². The third kappa shape index (κ3) is 5.56. The lowest BCUT2D eigenvalue weighted by molar-refractivity contribution is -0.266. The molecule has 0 saturated carbocycles. The molecule has 3 N–H and O–H groups in total. The van der Waals surface area contributed by atoms with Crippen molar-refractivity contribution >= 4 is 34.8 Å². The van der Waals surface area contributed by atoms with Gasteiger partial charge in [0, 0.05) is 10.6 Å². The summed E-state index contributed by atoms with van der Waals surface area (Å²) in [7, 11) is 0. The first-order chi connectivity index (χ1) is 13.6. The molecular weight excluding hydrogens is 449 g/mol. The fraction of sp³-hybridized carbons (Fsp3) is 0.350. The maximum Gasteiger partial charge on any atom is 0.417 e. The maximum atomic E-state index is 13.8. The molecule has 0 radical (unpaired) electrons. The van der Waals surface area contributed by atoms with E-state index in [1.54, 1.807) is 0 Å². The monoisotopic (exact) mass is 467 g/mol. The molecule has 1 amide bonds. The highest BCUT2D eigenvalue weighted by Gasteiger charge is 2.57. The van der Waals surface area contributed by atoms with Gasteiger partial charge in [0.2, 0.25) is 5.91 Å². The second-order valence-electron chi connectivity index (χ2n) is 7.60. The van der Waals surface area contributed by atoms with E-state index in [1.165, 1.54) is 32.0 Å². The Morgan fingerprint density at radius 2 is 1.73 bits per heavy atom. The Labute approximate surface area is 180 Å². The van der Waals surface area contributed by atoms with Gasteiger partial charge in [-0.05, 0) is 48.2 Å². The van der Waals surface area contributed by atoms with E-state index in [9.17, 15) is 32.6 Å². The van der Waals surface area contributed by atoms with Crippen LogP contribution in [-0.4, -0.2) is 27.9 Å². The Morgan fingerprint density at radius 1 is 1.10 bits per heavy atom. The van der Waals surface area contributed by atoms with Gasteiger partial charge in [-0.25, -0.2) is 4.39 Å². The van der Waals surface area contributed by atoms with Crippen LogP contribution in [0, 0.1) is 5.82 Å². The van der Waals surface area contributed by atoms with E-state index < -0.39 is 47.5 Å². The molecule has 0 spiro atoms. The number of hydrogen-bond donors (Lipinski definition) is 3. The summed E-state index contributed by atoms with van der Waals surface area (Å²) in [6.07, 6.45) is -7.56. The Hall–Kier alpha value is -2.03. The van der Waals surface area contributed by atoms with Crippen LogP contribution >= 0.6 is 23.2 Å². The first-order valence-electron chi connectivity index (χ1n) is 8.68. The van der Waals surface area contributed by atoms with Crippen molar-refractivity contribution in [2.45, 2.75) is 43.9 Å². The number of phenols is 1. The van der Waals surface area contributed by atoms with E-state index in [-0.39, 0.29) is 21.3 Å². The van der Waals surface area contributed by atoms with Gasteiger partial charge in [-0.3, -0.25) is 4.79 Å². The SMILES string of the molecule is CC(C)(CC(O)(CC(=O)Nc1cc(Cl)ccc1Cl)C(F)(F)F)c1cc(F)ccc1O. The number of halogens is 6. The molecule has 1 unspecified atom stereocenters. The molecule has 0 bridgehead atoms. The Bertz CT molecular complexity index is 950. The van der Waals surface area contributed by atoms with E-state index in [0.717, 1.165) is 18.2 Å². The number of alkyl halides is 3. The number of rotatable bonds is 6. The average Bonchev–Trinajstić information content (AvgIpc) is 2.58. The number of benzene rings is 2. The normalized spacial score (nSPS) is 14.3. The summed E-state index contributed by atoms with van der Waals surface area (Å²) in [4.78, 5) is 12.3. The van der Waals surface area contributed by atoms with Crippen LogP contribution in [0.5, 0.6) is 5.75 Å². The molecule has 0 aliphatic heterocycles. The largest absolute Gasteiger partial charge is 0.508 e. The minimum Gasteiger partial charge on any atom is -0.508 e. The van der Waals surface area contributed by atoms with Gasteiger partial charge in [0.05, 0.1) is 17.1 Å². The van der Waals surface area contributed by atoms with Crippen molar-refractivity contribution in [2.75, 3.05) is 5.32 Å². The fourth-order valence-corrected chi connectivity index (χ4v) is 3.53. The number of aromatic hydroxyl groups is 1. The number of carbonyl (C=O) groups excluding carboxylic acids is 1. The fourth-order valence-electron chi connectivity index (χ4n) is 3.19. The van der Waals surface area contributed by atoms with Gasteiger partial charge in [0.1, 0.15) is 11.6 Å². The van der Waals surface area contributed by atoms with Crippen molar-refractivity contribution in [3.63, 3.8) is 0 Å². The van der Waals surface area contributed by atoms with Crippen LogP contribution in [0.25, 0.3) is 0 Å². The van der Waals surface area contributed by atoms with Crippen molar-refractivity contribution < 1.29 is 32.6 Å². The highest BCUT2D eigenvalue weighted by Crippen LogP contribution is 2.45. The van der Waals surface area contributed by atoms with E-state index in [0.29, 0.717) is 0 Å². The van der Waals surface area contributed by atoms with Gasteiger partial charge < -0.3 is 15.5 Å². The highest BCUT2D eigenvalue weighted by molar-refractivity contribution is 6.35. The topological polar surface area (TPSA) is 69.6 Å². The van der Waals surface area contributed by atoms with Crippen molar-refractivity contribution in [2.24, 2.45) is 0 Å². The van der Waals surface area contributed by atoms with Crippen LogP contribution in [0.2, 0.25) is 10.0 Å². The zero-order valence-corrected chi connectivity index (χ0v) is 17.5. The highest BCUT2D eigenvalue weighted by atomic mass is 35.5. The molecule has 2 aromatic rings. The summed E-state index contributed by atoms with van der Waals surface area (Å²) >= 11 is 11.7. The molecule has 0 saturated heterocycles. The van der Waals surface area contributed by atoms with Crippen LogP contribution in [0.15, 0.2) is 36.4 Å². The second kappa shape index (κ2) is 8.61. The van der Waals surface area contributed by atoms with Crippen molar-refractivity contribution in [3.8, 4) is 5.75 Å². The van der Waals surface area contributed by atoms with Crippen molar-refractivity contribution in [3.05, 3.63) is 57.8 Å². The predicted molar refractivity (Wildman–Crippen MR) is 106 cm³/mol. The third-order valence-electron chi connectivity index (χ3n) is 4.61. The maximum absolute atomic E-state index is 13.8. The minimum atomic E-state index is -5.19. The number of phenolic OH excluding ortho intramolecular Hbond substituents is 1. The zero-order chi connectivity index (χ0) is 22.9. The van der Waals surface area contributed by atoms with Gasteiger partial charge in [-0.2, -0.15) is 13.2 Å². The lowest BCUT2D eigenvalue weighted by atomic mass is 9.73.